The van der Waals surface area contributed by atoms with Crippen molar-refractivity contribution in [3.05, 3.63) is 61.6 Å². The third kappa shape index (κ3) is 3.78. The Bertz CT molecular complexity index is 943. The van der Waals surface area contributed by atoms with Crippen molar-refractivity contribution in [1.82, 2.24) is 0 Å². The first kappa shape index (κ1) is 17.6. The summed E-state index contributed by atoms with van der Waals surface area (Å²) in [6.45, 7) is 0. The van der Waals surface area contributed by atoms with E-state index >= 15 is 0 Å². The lowest BCUT2D eigenvalue weighted by molar-refractivity contribution is -0.385. The summed E-state index contributed by atoms with van der Waals surface area (Å²) in [5.74, 6) is -0.114. The molecule has 0 spiro atoms. The second-order valence-electron chi connectivity index (χ2n) is 4.63. The van der Waals surface area contributed by atoms with E-state index in [1.54, 1.807) is 0 Å². The van der Waals surface area contributed by atoms with Gasteiger partial charge in [0.25, 0.3) is 11.4 Å². The standard InChI is InChI=1S/C13H9ClN2O7S/c1-24(21,22)13-6-8(15(17)18)2-5-12(13)23-9-3-4-11(16(19)20)10(14)7-9/h2-7H,1H3. The van der Waals surface area contributed by atoms with Crippen LogP contribution in [0.4, 0.5) is 11.4 Å². The van der Waals surface area contributed by atoms with E-state index in [2.05, 4.69) is 0 Å². The first-order valence-electron chi connectivity index (χ1n) is 6.20. The van der Waals surface area contributed by atoms with Crippen LogP contribution >= 0.6 is 11.6 Å². The highest BCUT2D eigenvalue weighted by molar-refractivity contribution is 7.90. The Hall–Kier alpha value is -2.72. The van der Waals surface area contributed by atoms with Gasteiger partial charge in [0.1, 0.15) is 21.4 Å². The van der Waals surface area contributed by atoms with E-state index in [1.807, 2.05) is 0 Å². The average molecular weight is 373 g/mol. The van der Waals surface area contributed by atoms with E-state index in [4.69, 9.17) is 16.3 Å². The quantitative estimate of drug-likeness (QED) is 0.580. The Kier molecular flexibility index (Phi) is 4.71. The highest BCUT2D eigenvalue weighted by atomic mass is 35.5. The van der Waals surface area contributed by atoms with Crippen molar-refractivity contribution in [3.63, 3.8) is 0 Å². The van der Waals surface area contributed by atoms with Gasteiger partial charge in [-0.25, -0.2) is 8.42 Å². The Morgan fingerprint density at radius 1 is 1.04 bits per heavy atom. The van der Waals surface area contributed by atoms with Crippen molar-refractivity contribution in [2.75, 3.05) is 6.26 Å². The second-order valence-corrected chi connectivity index (χ2v) is 7.02. The van der Waals surface area contributed by atoms with Gasteiger partial charge < -0.3 is 4.74 Å². The van der Waals surface area contributed by atoms with Crippen LogP contribution in [0.2, 0.25) is 5.02 Å². The van der Waals surface area contributed by atoms with E-state index in [9.17, 15) is 28.6 Å². The summed E-state index contributed by atoms with van der Waals surface area (Å²) >= 11 is 5.76. The van der Waals surface area contributed by atoms with Crippen molar-refractivity contribution < 1.29 is 23.0 Å². The molecule has 0 aliphatic heterocycles. The molecule has 0 aromatic heterocycles. The molecule has 2 rings (SSSR count). The molecule has 0 aliphatic rings. The number of nitro benzene ring substituents is 2. The zero-order valence-electron chi connectivity index (χ0n) is 12.0. The Balaban J connectivity index is 2.48. The van der Waals surface area contributed by atoms with Crippen LogP contribution in [0.3, 0.4) is 0 Å². The fourth-order valence-corrected chi connectivity index (χ4v) is 2.86. The Morgan fingerprint density at radius 2 is 1.71 bits per heavy atom. The van der Waals surface area contributed by atoms with Crippen molar-refractivity contribution >= 4 is 32.8 Å². The smallest absolute Gasteiger partial charge is 0.288 e. The molecule has 0 heterocycles. The van der Waals surface area contributed by atoms with Gasteiger partial charge in [-0.1, -0.05) is 11.6 Å². The number of nitrogens with zero attached hydrogens (tertiary/aromatic N) is 2. The summed E-state index contributed by atoms with van der Waals surface area (Å²) in [5.41, 5.74) is -0.749. The summed E-state index contributed by atoms with van der Waals surface area (Å²) in [5, 5.41) is 21.3. The van der Waals surface area contributed by atoms with E-state index in [1.165, 1.54) is 6.07 Å². The number of hydrogen-bond acceptors (Lipinski definition) is 7. The molecule has 0 aliphatic carbocycles. The topological polar surface area (TPSA) is 130 Å². The van der Waals surface area contributed by atoms with Crippen LogP contribution in [0.1, 0.15) is 0 Å². The molecule has 0 saturated carbocycles. The largest absolute Gasteiger partial charge is 0.456 e. The van der Waals surface area contributed by atoms with E-state index in [0.29, 0.717) is 0 Å². The lowest BCUT2D eigenvalue weighted by Crippen LogP contribution is -2.02. The number of rotatable bonds is 5. The summed E-state index contributed by atoms with van der Waals surface area (Å²) in [6, 6.07) is 6.56. The van der Waals surface area contributed by atoms with Crippen LogP contribution < -0.4 is 4.74 Å². The van der Waals surface area contributed by atoms with Crippen LogP contribution in [0.25, 0.3) is 0 Å². The first-order valence-corrected chi connectivity index (χ1v) is 8.47. The molecule has 24 heavy (non-hydrogen) atoms. The highest BCUT2D eigenvalue weighted by Crippen LogP contribution is 2.35. The predicted molar refractivity (Wildman–Crippen MR) is 84.4 cm³/mol. The van der Waals surface area contributed by atoms with Crippen molar-refractivity contribution in [2.45, 2.75) is 4.90 Å². The Morgan fingerprint density at radius 3 is 2.21 bits per heavy atom. The van der Waals surface area contributed by atoms with Gasteiger partial charge in [0.05, 0.1) is 9.85 Å². The fourth-order valence-electron chi connectivity index (χ4n) is 1.81. The van der Waals surface area contributed by atoms with E-state index in [-0.39, 0.29) is 27.1 Å². The van der Waals surface area contributed by atoms with Crippen molar-refractivity contribution in [1.29, 1.82) is 0 Å². The lowest BCUT2D eigenvalue weighted by atomic mass is 10.3. The average Bonchev–Trinajstić information content (AvgIpc) is 2.45. The van der Waals surface area contributed by atoms with Gasteiger partial charge in [0, 0.05) is 30.5 Å². The molecule has 2 aromatic carbocycles. The van der Waals surface area contributed by atoms with Gasteiger partial charge >= 0.3 is 0 Å². The number of sulfone groups is 1. The predicted octanol–water partition coefficient (Wildman–Crippen LogP) is 3.35. The molecule has 2 aromatic rings. The van der Waals surface area contributed by atoms with Crippen LogP contribution in [0, 0.1) is 20.2 Å². The minimum atomic E-state index is -3.81. The molecule has 0 bridgehead atoms. The zero-order chi connectivity index (χ0) is 18.1. The molecule has 9 nitrogen and oxygen atoms in total. The lowest BCUT2D eigenvalue weighted by Gasteiger charge is -2.10. The van der Waals surface area contributed by atoms with Gasteiger partial charge in [-0.3, -0.25) is 20.2 Å². The van der Waals surface area contributed by atoms with Crippen LogP contribution in [0.15, 0.2) is 41.3 Å². The molecular formula is C13H9ClN2O7S. The van der Waals surface area contributed by atoms with Crippen LogP contribution in [0.5, 0.6) is 11.5 Å². The summed E-state index contributed by atoms with van der Waals surface area (Å²) in [6.07, 6.45) is 0.877. The maximum atomic E-state index is 11.8. The molecule has 0 amide bonds. The van der Waals surface area contributed by atoms with Gasteiger partial charge in [-0.15, -0.1) is 0 Å². The minimum Gasteiger partial charge on any atom is -0.456 e. The molecule has 0 saturated heterocycles. The van der Waals surface area contributed by atoms with E-state index < -0.39 is 25.4 Å². The van der Waals surface area contributed by atoms with Crippen LogP contribution in [-0.4, -0.2) is 24.5 Å². The number of hydrogen-bond donors (Lipinski definition) is 0. The number of non-ortho nitro benzene ring substituents is 1. The first-order chi connectivity index (χ1) is 11.1. The third-order valence-electron chi connectivity index (χ3n) is 2.88. The molecule has 126 valence electrons. The van der Waals surface area contributed by atoms with Crippen LogP contribution in [-0.2, 0) is 9.84 Å². The van der Waals surface area contributed by atoms with Gasteiger partial charge in [-0.05, 0) is 12.1 Å². The van der Waals surface area contributed by atoms with Gasteiger partial charge in [0.2, 0.25) is 0 Å². The fraction of sp³-hybridized carbons (Fsp3) is 0.0769. The third-order valence-corrected chi connectivity index (χ3v) is 4.30. The molecule has 0 radical (unpaired) electrons. The van der Waals surface area contributed by atoms with Crippen molar-refractivity contribution in [2.24, 2.45) is 0 Å². The normalized spacial score (nSPS) is 11.1. The molecule has 0 unspecified atom stereocenters. The zero-order valence-corrected chi connectivity index (χ0v) is 13.6. The van der Waals surface area contributed by atoms with Gasteiger partial charge in [0.15, 0.2) is 9.84 Å². The molecule has 0 atom stereocenters. The highest BCUT2D eigenvalue weighted by Gasteiger charge is 2.21. The number of halogens is 1. The van der Waals surface area contributed by atoms with E-state index in [0.717, 1.165) is 36.6 Å². The van der Waals surface area contributed by atoms with Crippen molar-refractivity contribution in [3.8, 4) is 11.5 Å². The second kappa shape index (κ2) is 6.42. The summed E-state index contributed by atoms with van der Waals surface area (Å²) < 4.78 is 29.0. The maximum Gasteiger partial charge on any atom is 0.288 e. The van der Waals surface area contributed by atoms with Gasteiger partial charge in [-0.2, -0.15) is 0 Å². The summed E-state index contributed by atoms with van der Waals surface area (Å²) in [4.78, 5) is 19.7. The number of benzene rings is 2. The number of nitro groups is 2. The molecule has 0 N–H and O–H groups in total. The SMILES string of the molecule is CS(=O)(=O)c1cc([N+](=O)[O-])ccc1Oc1ccc([N+](=O)[O-])c(Cl)c1. The maximum absolute atomic E-state index is 11.8. The summed E-state index contributed by atoms with van der Waals surface area (Å²) in [7, 11) is -3.81. The molecular weight excluding hydrogens is 364 g/mol. The molecule has 11 heteroatoms. The number of ether oxygens (including phenoxy) is 1. The minimum absolute atomic E-state index is 0.0457. The monoisotopic (exact) mass is 372 g/mol. The molecule has 0 fully saturated rings. The Labute approximate surface area is 140 Å².